The Balaban J connectivity index is 2.33. The minimum atomic E-state index is 0.890. The van der Waals surface area contributed by atoms with Crippen molar-refractivity contribution in [2.75, 3.05) is 5.09 Å². The summed E-state index contributed by atoms with van der Waals surface area (Å²) in [6.07, 6.45) is 0. The van der Waals surface area contributed by atoms with Crippen LogP contribution in [0.4, 0.5) is 11.4 Å². The third kappa shape index (κ3) is 1.43. The van der Waals surface area contributed by atoms with Crippen LogP contribution < -0.4 is 5.09 Å². The molecule has 3 heteroatoms. The number of benzene rings is 2. The lowest BCUT2D eigenvalue weighted by Crippen LogP contribution is -1.83. The van der Waals surface area contributed by atoms with Crippen molar-refractivity contribution >= 4 is 19.9 Å². The maximum atomic E-state index is 4.46. The van der Waals surface area contributed by atoms with Gasteiger partial charge in [0.2, 0.25) is 0 Å². The zero-order chi connectivity index (χ0) is 10.1. The molecule has 1 N–H and O–H groups in total. The summed E-state index contributed by atoms with van der Waals surface area (Å²) in [4.78, 5) is 0. The van der Waals surface area contributed by atoms with Gasteiger partial charge in [-0.3, -0.25) is 0 Å². The quantitative estimate of drug-likeness (QED) is 0.640. The summed E-state index contributed by atoms with van der Waals surface area (Å²) in [5.74, 6) is 0. The Morgan fingerprint density at radius 2 is 1.60 bits per heavy atom. The van der Waals surface area contributed by atoms with Crippen molar-refractivity contribution in [3.63, 3.8) is 0 Å². The highest BCUT2D eigenvalue weighted by Crippen LogP contribution is 2.39. The highest BCUT2D eigenvalue weighted by atomic mass is 31.1. The van der Waals surface area contributed by atoms with Gasteiger partial charge in [-0.05, 0) is 12.1 Å². The lowest BCUT2D eigenvalue weighted by molar-refractivity contribution is 1.55. The van der Waals surface area contributed by atoms with Gasteiger partial charge in [-0.2, -0.15) is 0 Å². The van der Waals surface area contributed by atoms with Crippen LogP contribution in [0.3, 0.4) is 0 Å². The van der Waals surface area contributed by atoms with Gasteiger partial charge >= 0.3 is 0 Å². The van der Waals surface area contributed by atoms with Gasteiger partial charge in [0, 0.05) is 11.1 Å². The molecule has 0 saturated carbocycles. The van der Waals surface area contributed by atoms with Crippen LogP contribution in [-0.2, 0) is 0 Å². The summed E-state index contributed by atoms with van der Waals surface area (Å²) in [6, 6.07) is 16.5. The summed E-state index contributed by atoms with van der Waals surface area (Å²) >= 11 is 0. The first-order valence-electron chi connectivity index (χ1n) is 4.80. The number of para-hydroxylation sites is 1. The second kappa shape index (κ2) is 3.48. The van der Waals surface area contributed by atoms with E-state index in [9.17, 15) is 0 Å². The summed E-state index contributed by atoms with van der Waals surface area (Å²) in [5.41, 5.74) is 4.62. The molecule has 0 bridgehead atoms. The van der Waals surface area contributed by atoms with Crippen LogP contribution in [0.15, 0.2) is 53.3 Å². The molecule has 0 saturated heterocycles. The van der Waals surface area contributed by atoms with Crippen molar-refractivity contribution in [2.45, 2.75) is 0 Å². The van der Waals surface area contributed by atoms with E-state index >= 15 is 0 Å². The largest absolute Gasteiger partial charge is 0.322 e. The summed E-state index contributed by atoms with van der Waals surface area (Å²) < 4.78 is 4.46. The Hall–Kier alpha value is -1.66. The van der Waals surface area contributed by atoms with E-state index in [-0.39, 0.29) is 0 Å². The smallest absolute Gasteiger partial charge is 0.130 e. The van der Waals surface area contributed by atoms with Crippen molar-refractivity contribution < 1.29 is 0 Å². The predicted molar refractivity (Wildman–Crippen MR) is 64.5 cm³/mol. The van der Waals surface area contributed by atoms with Gasteiger partial charge < -0.3 is 5.09 Å². The SMILES string of the molecule is c1ccc2c(c1)N=PNc1ccccc1-2. The molecule has 2 aromatic carbocycles. The highest BCUT2D eigenvalue weighted by molar-refractivity contribution is 7.29. The Kier molecular flexibility index (Phi) is 2.01. The lowest BCUT2D eigenvalue weighted by Gasteiger charge is -2.06. The number of rotatable bonds is 0. The molecular formula is C12H9N2P. The predicted octanol–water partition coefficient (Wildman–Crippen LogP) is 4.46. The fraction of sp³-hybridized carbons (Fsp3) is 0. The monoisotopic (exact) mass is 212 g/mol. The average molecular weight is 212 g/mol. The van der Waals surface area contributed by atoms with E-state index in [1.165, 1.54) is 11.1 Å². The third-order valence-corrected chi connectivity index (χ3v) is 3.11. The Morgan fingerprint density at radius 3 is 2.53 bits per heavy atom. The summed E-state index contributed by atoms with van der Waals surface area (Å²) in [5, 5.41) is 3.28. The van der Waals surface area contributed by atoms with Crippen molar-refractivity contribution in [2.24, 2.45) is 4.74 Å². The van der Waals surface area contributed by atoms with Gasteiger partial charge in [0.1, 0.15) is 8.52 Å². The first-order valence-corrected chi connectivity index (χ1v) is 5.65. The molecule has 1 heterocycles. The van der Waals surface area contributed by atoms with Crippen LogP contribution in [0, 0.1) is 0 Å². The molecule has 2 aromatic rings. The van der Waals surface area contributed by atoms with Crippen molar-refractivity contribution in [1.82, 2.24) is 0 Å². The summed E-state index contributed by atoms with van der Waals surface area (Å²) in [7, 11) is 0.890. The first kappa shape index (κ1) is 8.63. The van der Waals surface area contributed by atoms with Gasteiger partial charge in [0.15, 0.2) is 0 Å². The van der Waals surface area contributed by atoms with Crippen LogP contribution in [0.25, 0.3) is 11.1 Å². The maximum absolute atomic E-state index is 4.46. The molecule has 0 fully saturated rings. The molecule has 1 aliphatic heterocycles. The van der Waals surface area contributed by atoms with Gasteiger partial charge in [0.05, 0.1) is 11.4 Å². The third-order valence-electron chi connectivity index (χ3n) is 2.45. The molecule has 0 spiro atoms. The molecule has 72 valence electrons. The van der Waals surface area contributed by atoms with Crippen LogP contribution in [-0.4, -0.2) is 0 Å². The van der Waals surface area contributed by atoms with Crippen LogP contribution in [0.5, 0.6) is 0 Å². The molecule has 0 atom stereocenters. The van der Waals surface area contributed by atoms with Crippen molar-refractivity contribution in [3.8, 4) is 11.1 Å². The van der Waals surface area contributed by atoms with E-state index in [1.54, 1.807) is 0 Å². The zero-order valence-corrected chi connectivity index (χ0v) is 8.91. The number of hydrogen-bond donors (Lipinski definition) is 1. The maximum Gasteiger partial charge on any atom is 0.130 e. The number of anilines is 1. The number of hydrogen-bond acceptors (Lipinski definition) is 2. The van der Waals surface area contributed by atoms with Gasteiger partial charge in [-0.25, -0.2) is 4.74 Å². The summed E-state index contributed by atoms with van der Waals surface area (Å²) in [6.45, 7) is 0. The molecule has 0 radical (unpaired) electrons. The molecule has 15 heavy (non-hydrogen) atoms. The van der Waals surface area contributed by atoms with E-state index in [4.69, 9.17) is 0 Å². The standard InChI is InChI=1S/C12H9N2P/c1-3-7-11-9(5-1)10-6-2-4-8-12(10)14-15-13-11/h1-8H,(H,13,14). The number of nitrogens with zero attached hydrogens (tertiary/aromatic N) is 1. The molecule has 0 unspecified atom stereocenters. The normalized spacial score (nSPS) is 13.3. The molecule has 3 rings (SSSR count). The van der Waals surface area contributed by atoms with Gasteiger partial charge in [-0.15, -0.1) is 0 Å². The second-order valence-corrected chi connectivity index (χ2v) is 4.00. The van der Waals surface area contributed by atoms with E-state index in [0.717, 1.165) is 19.9 Å². The molecule has 1 aliphatic rings. The average Bonchev–Trinajstić information content (AvgIpc) is 2.48. The highest BCUT2D eigenvalue weighted by Gasteiger charge is 2.10. The van der Waals surface area contributed by atoms with Crippen LogP contribution >= 0.6 is 8.52 Å². The Morgan fingerprint density at radius 1 is 0.867 bits per heavy atom. The number of fused-ring (bicyclic) bond motifs is 3. The first-order chi connectivity index (χ1) is 7.45. The van der Waals surface area contributed by atoms with Crippen molar-refractivity contribution in [3.05, 3.63) is 48.5 Å². The molecule has 0 amide bonds. The fourth-order valence-corrected chi connectivity index (χ4v) is 2.37. The van der Waals surface area contributed by atoms with Gasteiger partial charge in [0.25, 0.3) is 0 Å². The van der Waals surface area contributed by atoms with E-state index in [1.807, 2.05) is 24.3 Å². The van der Waals surface area contributed by atoms with Crippen LogP contribution in [0.1, 0.15) is 0 Å². The van der Waals surface area contributed by atoms with Gasteiger partial charge in [-0.1, -0.05) is 36.4 Å². The topological polar surface area (TPSA) is 24.4 Å². The Bertz CT molecular complexity index is 535. The molecule has 2 nitrogen and oxygen atoms in total. The van der Waals surface area contributed by atoms with E-state index in [0.29, 0.717) is 0 Å². The van der Waals surface area contributed by atoms with E-state index in [2.05, 4.69) is 34.1 Å². The second-order valence-electron chi connectivity index (χ2n) is 3.37. The molecular weight excluding hydrogens is 203 g/mol. The van der Waals surface area contributed by atoms with Crippen molar-refractivity contribution in [1.29, 1.82) is 0 Å². The van der Waals surface area contributed by atoms with E-state index < -0.39 is 0 Å². The minimum absolute atomic E-state index is 0.890. The zero-order valence-electron chi connectivity index (χ0n) is 8.01. The lowest BCUT2D eigenvalue weighted by atomic mass is 10.0. The molecule has 0 aliphatic carbocycles. The molecule has 0 aromatic heterocycles. The van der Waals surface area contributed by atoms with Crippen LogP contribution in [0.2, 0.25) is 0 Å². The number of nitrogens with one attached hydrogen (secondary N) is 1. The minimum Gasteiger partial charge on any atom is -0.322 e. The Labute approximate surface area is 89.9 Å². The fourth-order valence-electron chi connectivity index (χ4n) is 1.74.